The first kappa shape index (κ1) is 23.3. The molecule has 0 saturated carbocycles. The van der Waals surface area contributed by atoms with Gasteiger partial charge in [-0.2, -0.15) is 0 Å². The molecule has 10 nitrogen and oxygen atoms in total. The minimum absolute atomic E-state index is 0.285. The minimum Gasteiger partial charge on any atom is -0.496 e. The molecule has 0 bridgehead atoms. The van der Waals surface area contributed by atoms with Crippen LogP contribution in [0.1, 0.15) is 19.3 Å². The highest BCUT2D eigenvalue weighted by atomic mass is 32.1. The fraction of sp³-hybridized carbons (Fsp3) is 0.308. The molecule has 37 heavy (non-hydrogen) atoms. The molecule has 1 aliphatic heterocycles. The lowest BCUT2D eigenvalue weighted by atomic mass is 10.2. The molecule has 2 aromatic carbocycles. The number of rotatable bonds is 11. The van der Waals surface area contributed by atoms with Crippen molar-refractivity contribution < 1.29 is 28.1 Å². The average Bonchev–Trinajstić information content (AvgIpc) is 3.69. The van der Waals surface area contributed by atoms with Gasteiger partial charge in [-0.25, -0.2) is 9.50 Å². The van der Waals surface area contributed by atoms with Crippen LogP contribution < -0.4 is 29.0 Å². The van der Waals surface area contributed by atoms with Crippen LogP contribution in [0.5, 0.6) is 28.2 Å². The van der Waals surface area contributed by atoms with Crippen LogP contribution in [0.4, 0.5) is 5.69 Å². The Morgan fingerprint density at radius 1 is 1.03 bits per heavy atom. The molecule has 0 aliphatic carbocycles. The zero-order valence-corrected chi connectivity index (χ0v) is 21.3. The number of furan rings is 1. The molecular weight excluding hydrogens is 496 g/mol. The molecule has 1 N–H and O–H groups in total. The van der Waals surface area contributed by atoms with Crippen LogP contribution in [0.15, 0.2) is 47.0 Å². The molecule has 1 aliphatic rings. The number of ether oxygens (including phenoxy) is 5. The van der Waals surface area contributed by atoms with Gasteiger partial charge in [0, 0.05) is 30.4 Å². The predicted octanol–water partition coefficient (Wildman–Crippen LogP) is 5.61. The van der Waals surface area contributed by atoms with Gasteiger partial charge in [0.15, 0.2) is 17.3 Å². The minimum atomic E-state index is 0.285. The Balaban J connectivity index is 1.06. The molecule has 3 aromatic heterocycles. The number of methoxy groups -OCH3 is 2. The zero-order chi connectivity index (χ0) is 25.2. The van der Waals surface area contributed by atoms with Crippen LogP contribution >= 0.6 is 11.3 Å². The number of benzene rings is 2. The smallest absolute Gasteiger partial charge is 0.294 e. The van der Waals surface area contributed by atoms with E-state index in [1.54, 1.807) is 18.7 Å². The van der Waals surface area contributed by atoms with E-state index >= 15 is 0 Å². The van der Waals surface area contributed by atoms with E-state index in [1.165, 1.54) is 11.3 Å². The SMILES string of the molecule is COc1cc(OCCCCCNc2ccc3c(c2)OCO3)c2cc(-c3cn4nc(OC)sc4n3)oc2c1. The number of hydrogen-bond acceptors (Lipinski definition) is 10. The number of fused-ring (bicyclic) bond motifs is 3. The average molecular weight is 523 g/mol. The van der Waals surface area contributed by atoms with Crippen molar-refractivity contribution in [3.63, 3.8) is 0 Å². The van der Waals surface area contributed by atoms with Gasteiger partial charge in [0.2, 0.25) is 11.8 Å². The number of nitrogens with zero attached hydrogens (tertiary/aromatic N) is 3. The Hall–Kier alpha value is -4.12. The second-order valence-electron chi connectivity index (χ2n) is 8.48. The van der Waals surface area contributed by atoms with E-state index in [0.717, 1.165) is 59.1 Å². The molecule has 11 heteroatoms. The van der Waals surface area contributed by atoms with Crippen molar-refractivity contribution in [2.24, 2.45) is 0 Å². The van der Waals surface area contributed by atoms with E-state index in [0.29, 0.717) is 34.6 Å². The molecule has 0 saturated heterocycles. The fourth-order valence-electron chi connectivity index (χ4n) is 4.15. The standard InChI is InChI=1S/C26H26N4O6S/c1-31-17-11-21(33-9-5-3-4-8-27-16-6-7-20-24(10-16)35-15-34-20)18-13-23(36-22(18)12-17)19-14-30-25(28-19)37-26(29-30)32-2/h6-7,10-14,27H,3-5,8-9,15H2,1-2H3. The highest BCUT2D eigenvalue weighted by molar-refractivity contribution is 7.18. The van der Waals surface area contributed by atoms with Crippen LogP contribution in [0.25, 0.3) is 27.4 Å². The Bertz CT molecular complexity index is 1510. The quantitative estimate of drug-likeness (QED) is 0.222. The van der Waals surface area contributed by atoms with Gasteiger partial charge in [-0.3, -0.25) is 0 Å². The molecule has 6 rings (SSSR count). The summed E-state index contributed by atoms with van der Waals surface area (Å²) in [6.45, 7) is 1.75. The van der Waals surface area contributed by atoms with Gasteiger partial charge in [0.25, 0.3) is 5.19 Å². The summed E-state index contributed by atoms with van der Waals surface area (Å²) in [7, 11) is 3.22. The van der Waals surface area contributed by atoms with E-state index in [1.807, 2.05) is 42.6 Å². The van der Waals surface area contributed by atoms with E-state index < -0.39 is 0 Å². The Labute approximate surface area is 216 Å². The molecule has 0 amide bonds. The Morgan fingerprint density at radius 2 is 1.95 bits per heavy atom. The topological polar surface area (TPSA) is 102 Å². The first-order valence-corrected chi connectivity index (χ1v) is 12.8. The van der Waals surface area contributed by atoms with E-state index in [9.17, 15) is 0 Å². The van der Waals surface area contributed by atoms with Crippen LogP contribution in [0, 0.1) is 0 Å². The van der Waals surface area contributed by atoms with Gasteiger partial charge in [-0.05, 0) is 48.8 Å². The summed E-state index contributed by atoms with van der Waals surface area (Å²) >= 11 is 1.37. The van der Waals surface area contributed by atoms with Crippen molar-refractivity contribution in [1.29, 1.82) is 0 Å². The van der Waals surface area contributed by atoms with Crippen molar-refractivity contribution in [3.05, 3.63) is 42.6 Å². The van der Waals surface area contributed by atoms with Crippen molar-refractivity contribution in [2.45, 2.75) is 19.3 Å². The lowest BCUT2D eigenvalue weighted by molar-refractivity contribution is 0.174. The number of aromatic nitrogens is 3. The van der Waals surface area contributed by atoms with Crippen LogP contribution in [0.2, 0.25) is 0 Å². The summed E-state index contributed by atoms with van der Waals surface area (Å²) in [5.41, 5.74) is 2.40. The maximum atomic E-state index is 6.16. The summed E-state index contributed by atoms with van der Waals surface area (Å²) < 4.78 is 35.4. The van der Waals surface area contributed by atoms with Crippen molar-refractivity contribution >= 4 is 33.0 Å². The van der Waals surface area contributed by atoms with Crippen molar-refractivity contribution in [2.75, 3.05) is 39.5 Å². The molecule has 0 radical (unpaired) electrons. The maximum Gasteiger partial charge on any atom is 0.294 e. The van der Waals surface area contributed by atoms with Crippen LogP contribution in [0.3, 0.4) is 0 Å². The third-order valence-corrected chi connectivity index (χ3v) is 6.92. The van der Waals surface area contributed by atoms with Crippen molar-refractivity contribution in [1.82, 2.24) is 14.6 Å². The van der Waals surface area contributed by atoms with Gasteiger partial charge in [0.1, 0.15) is 22.8 Å². The third kappa shape index (κ3) is 4.82. The summed E-state index contributed by atoms with van der Waals surface area (Å²) in [5.74, 6) is 3.62. The Morgan fingerprint density at radius 3 is 2.81 bits per heavy atom. The highest BCUT2D eigenvalue weighted by Gasteiger charge is 2.17. The lowest BCUT2D eigenvalue weighted by Crippen LogP contribution is -2.03. The van der Waals surface area contributed by atoms with Gasteiger partial charge in [-0.15, -0.1) is 5.10 Å². The van der Waals surface area contributed by atoms with Crippen LogP contribution in [-0.4, -0.2) is 48.8 Å². The maximum absolute atomic E-state index is 6.16. The zero-order valence-electron chi connectivity index (χ0n) is 20.5. The molecule has 0 unspecified atom stereocenters. The van der Waals surface area contributed by atoms with Crippen molar-refractivity contribution in [3.8, 4) is 39.6 Å². The molecular formula is C26H26N4O6S. The summed E-state index contributed by atoms with van der Waals surface area (Å²) in [4.78, 5) is 5.35. The second-order valence-corrected chi connectivity index (χ2v) is 9.40. The molecule has 0 spiro atoms. The van der Waals surface area contributed by atoms with Gasteiger partial charge < -0.3 is 33.4 Å². The number of nitrogens with one attached hydrogen (secondary N) is 1. The second kappa shape index (κ2) is 10.1. The van der Waals surface area contributed by atoms with Gasteiger partial charge >= 0.3 is 0 Å². The lowest BCUT2D eigenvalue weighted by Gasteiger charge is -2.10. The van der Waals surface area contributed by atoms with Crippen LogP contribution in [-0.2, 0) is 0 Å². The summed E-state index contributed by atoms with van der Waals surface area (Å²) in [5, 5.41) is 9.19. The first-order chi connectivity index (χ1) is 18.2. The molecule has 0 atom stereocenters. The number of imidazole rings is 1. The number of unbranched alkanes of at least 4 members (excludes halogenated alkanes) is 2. The number of anilines is 1. The molecule has 0 fully saturated rings. The summed E-state index contributed by atoms with van der Waals surface area (Å²) in [6.07, 6.45) is 4.80. The molecule has 192 valence electrons. The van der Waals surface area contributed by atoms with Gasteiger partial charge in [-0.1, -0.05) is 0 Å². The summed E-state index contributed by atoms with van der Waals surface area (Å²) in [6, 6.07) is 11.6. The number of hydrogen-bond donors (Lipinski definition) is 1. The van der Waals surface area contributed by atoms with Gasteiger partial charge in [0.05, 0.1) is 32.4 Å². The Kier molecular flexibility index (Phi) is 6.35. The molecule has 4 heterocycles. The van der Waals surface area contributed by atoms with E-state index in [2.05, 4.69) is 15.4 Å². The normalized spacial score (nSPS) is 12.4. The fourth-order valence-corrected chi connectivity index (χ4v) is 4.85. The highest BCUT2D eigenvalue weighted by Crippen LogP contribution is 2.37. The third-order valence-electron chi connectivity index (χ3n) is 6.04. The first-order valence-electron chi connectivity index (χ1n) is 12.0. The predicted molar refractivity (Wildman–Crippen MR) is 140 cm³/mol. The monoisotopic (exact) mass is 522 g/mol. The molecule has 5 aromatic rings. The van der Waals surface area contributed by atoms with E-state index in [4.69, 9.17) is 28.1 Å². The largest absolute Gasteiger partial charge is 0.496 e. The van der Waals surface area contributed by atoms with E-state index in [-0.39, 0.29) is 6.79 Å².